The highest BCUT2D eigenvalue weighted by Gasteiger charge is 2.34. The van der Waals surface area contributed by atoms with Crippen LogP contribution in [0.5, 0.6) is 17.2 Å². The standard InChI is InChI=1S/C29H27F3O3S2/c1-33-24-12-6-21(7-13-24)27(22-8-14-25(34-2)15-9-22)5-3-18-28(36-19-4-20-37-28)23-10-16-26(17-11-23)35-29(30,31)32/h3,5-18H,4,19-20H2,1-2H3. The molecule has 1 aliphatic rings. The summed E-state index contributed by atoms with van der Waals surface area (Å²) in [5, 5.41) is 0. The average Bonchev–Trinajstić information content (AvgIpc) is 2.91. The fourth-order valence-corrected chi connectivity index (χ4v) is 7.12. The van der Waals surface area contributed by atoms with Gasteiger partial charge in [-0.3, -0.25) is 0 Å². The Hall–Kier alpha value is -2.97. The highest BCUT2D eigenvalue weighted by Crippen LogP contribution is 2.51. The van der Waals surface area contributed by atoms with Crippen molar-refractivity contribution >= 4 is 29.1 Å². The molecule has 3 aromatic rings. The second-order valence-corrected chi connectivity index (χ2v) is 11.1. The van der Waals surface area contributed by atoms with E-state index in [0.29, 0.717) is 0 Å². The van der Waals surface area contributed by atoms with E-state index in [4.69, 9.17) is 9.47 Å². The van der Waals surface area contributed by atoms with Crippen LogP contribution in [0.2, 0.25) is 0 Å². The third-order valence-electron chi connectivity index (χ3n) is 5.79. The summed E-state index contributed by atoms with van der Waals surface area (Å²) in [6.45, 7) is 0. The van der Waals surface area contributed by atoms with Gasteiger partial charge >= 0.3 is 6.36 Å². The van der Waals surface area contributed by atoms with E-state index in [1.165, 1.54) is 12.1 Å². The van der Waals surface area contributed by atoms with Gasteiger partial charge in [0, 0.05) is 0 Å². The van der Waals surface area contributed by atoms with E-state index in [1.54, 1.807) is 49.9 Å². The van der Waals surface area contributed by atoms with Gasteiger partial charge in [-0.1, -0.05) is 54.6 Å². The molecule has 0 N–H and O–H groups in total. The molecule has 194 valence electrons. The lowest BCUT2D eigenvalue weighted by molar-refractivity contribution is -0.274. The number of hydrogen-bond donors (Lipinski definition) is 0. The molecule has 8 heteroatoms. The van der Waals surface area contributed by atoms with E-state index in [-0.39, 0.29) is 5.75 Å². The molecule has 3 aromatic carbocycles. The second-order valence-electron chi connectivity index (χ2n) is 8.19. The molecule has 0 aliphatic carbocycles. The number of hydrogen-bond acceptors (Lipinski definition) is 5. The molecule has 1 fully saturated rings. The number of methoxy groups -OCH3 is 2. The van der Waals surface area contributed by atoms with Crippen molar-refractivity contribution in [3.8, 4) is 17.2 Å². The molecule has 0 bridgehead atoms. The summed E-state index contributed by atoms with van der Waals surface area (Å²) >= 11 is 3.57. The van der Waals surface area contributed by atoms with Crippen molar-refractivity contribution in [2.24, 2.45) is 0 Å². The van der Waals surface area contributed by atoms with Gasteiger partial charge in [-0.15, -0.1) is 36.7 Å². The number of halogens is 3. The Bertz CT molecular complexity index is 1160. The first kappa shape index (κ1) is 27.1. The molecule has 1 aliphatic heterocycles. The normalized spacial score (nSPS) is 15.3. The summed E-state index contributed by atoms with van der Waals surface area (Å²) in [7, 11) is 3.28. The molecule has 0 radical (unpaired) electrons. The van der Waals surface area contributed by atoms with E-state index >= 15 is 0 Å². The average molecular weight is 545 g/mol. The summed E-state index contributed by atoms with van der Waals surface area (Å²) in [4.78, 5) is 0. The first-order valence-electron chi connectivity index (χ1n) is 11.6. The molecular weight excluding hydrogens is 517 g/mol. The maximum atomic E-state index is 12.6. The lowest BCUT2D eigenvalue weighted by atomic mass is 9.97. The van der Waals surface area contributed by atoms with Crippen LogP contribution in [0.1, 0.15) is 23.1 Å². The van der Waals surface area contributed by atoms with E-state index in [1.807, 2.05) is 54.6 Å². The first-order chi connectivity index (χ1) is 17.8. The Morgan fingerprint density at radius 1 is 0.757 bits per heavy atom. The molecule has 0 aromatic heterocycles. The van der Waals surface area contributed by atoms with Gasteiger partial charge in [0.2, 0.25) is 0 Å². The zero-order valence-corrected chi connectivity index (χ0v) is 22.1. The third-order valence-corrected chi connectivity index (χ3v) is 9.09. The van der Waals surface area contributed by atoms with Crippen LogP contribution in [0.25, 0.3) is 5.57 Å². The van der Waals surface area contributed by atoms with Crippen molar-refractivity contribution in [1.29, 1.82) is 0 Å². The summed E-state index contributed by atoms with van der Waals surface area (Å²) in [5.41, 5.74) is 4.01. The highest BCUT2D eigenvalue weighted by atomic mass is 32.2. The maximum Gasteiger partial charge on any atom is 0.573 e. The van der Waals surface area contributed by atoms with Crippen molar-refractivity contribution in [3.05, 3.63) is 108 Å². The van der Waals surface area contributed by atoms with Gasteiger partial charge in [-0.05, 0) is 76.6 Å². The molecule has 37 heavy (non-hydrogen) atoms. The molecule has 1 saturated heterocycles. The molecule has 4 rings (SSSR count). The van der Waals surface area contributed by atoms with E-state index in [2.05, 4.69) is 16.9 Å². The van der Waals surface area contributed by atoms with E-state index < -0.39 is 10.4 Å². The Morgan fingerprint density at radius 3 is 1.70 bits per heavy atom. The minimum absolute atomic E-state index is 0.220. The van der Waals surface area contributed by atoms with Gasteiger partial charge in [-0.25, -0.2) is 0 Å². The van der Waals surface area contributed by atoms with Crippen molar-refractivity contribution < 1.29 is 27.4 Å². The van der Waals surface area contributed by atoms with Gasteiger partial charge in [0.25, 0.3) is 0 Å². The van der Waals surface area contributed by atoms with E-state index in [9.17, 15) is 13.2 Å². The van der Waals surface area contributed by atoms with Gasteiger partial charge < -0.3 is 14.2 Å². The zero-order valence-electron chi connectivity index (χ0n) is 20.5. The lowest BCUT2D eigenvalue weighted by Gasteiger charge is -2.34. The number of alkyl halides is 3. The maximum absolute atomic E-state index is 12.6. The third kappa shape index (κ3) is 7.08. The number of ether oxygens (including phenoxy) is 3. The number of thioether (sulfide) groups is 2. The topological polar surface area (TPSA) is 27.7 Å². The van der Waals surface area contributed by atoms with Crippen LogP contribution in [-0.4, -0.2) is 32.1 Å². The van der Waals surface area contributed by atoms with Gasteiger partial charge in [0.1, 0.15) is 21.3 Å². The first-order valence-corrected chi connectivity index (χ1v) is 13.6. The van der Waals surface area contributed by atoms with Crippen LogP contribution < -0.4 is 14.2 Å². The Labute approximate surface area is 223 Å². The predicted molar refractivity (Wildman–Crippen MR) is 147 cm³/mol. The van der Waals surface area contributed by atoms with Crippen molar-refractivity contribution in [1.82, 2.24) is 0 Å². The fraction of sp³-hybridized carbons (Fsp3) is 0.241. The quantitative estimate of drug-likeness (QED) is 0.266. The molecule has 0 unspecified atom stereocenters. The van der Waals surface area contributed by atoms with Gasteiger partial charge in [0.15, 0.2) is 0 Å². The van der Waals surface area contributed by atoms with Gasteiger partial charge in [-0.2, -0.15) is 0 Å². The molecule has 3 nitrogen and oxygen atoms in total. The van der Waals surface area contributed by atoms with Crippen molar-refractivity contribution in [2.45, 2.75) is 16.9 Å². The Kier molecular flexibility index (Phi) is 8.82. The van der Waals surface area contributed by atoms with Crippen LogP contribution in [0.15, 0.2) is 91.0 Å². The van der Waals surface area contributed by atoms with Crippen LogP contribution in [0, 0.1) is 0 Å². The minimum atomic E-state index is -4.71. The smallest absolute Gasteiger partial charge is 0.497 e. The summed E-state index contributed by atoms with van der Waals surface area (Å²) in [6.07, 6.45) is 2.61. The van der Waals surface area contributed by atoms with Crippen LogP contribution in [0.3, 0.4) is 0 Å². The summed E-state index contributed by atoms with van der Waals surface area (Å²) < 4.78 is 52.1. The highest BCUT2D eigenvalue weighted by molar-refractivity contribution is 8.18. The van der Waals surface area contributed by atoms with E-state index in [0.717, 1.165) is 51.7 Å². The monoisotopic (exact) mass is 544 g/mol. The largest absolute Gasteiger partial charge is 0.573 e. The fourth-order valence-electron chi connectivity index (χ4n) is 3.97. The summed E-state index contributed by atoms with van der Waals surface area (Å²) in [6, 6.07) is 22.0. The summed E-state index contributed by atoms with van der Waals surface area (Å²) in [5.74, 6) is 3.26. The van der Waals surface area contributed by atoms with Gasteiger partial charge in [0.05, 0.1) is 14.2 Å². The molecule has 0 spiro atoms. The molecule has 0 saturated carbocycles. The van der Waals surface area contributed by atoms with Crippen molar-refractivity contribution in [3.63, 3.8) is 0 Å². The molecule has 0 atom stereocenters. The Morgan fingerprint density at radius 2 is 1.24 bits per heavy atom. The zero-order chi connectivity index (χ0) is 26.3. The molecule has 0 amide bonds. The Balaban J connectivity index is 1.68. The lowest BCUT2D eigenvalue weighted by Crippen LogP contribution is -2.20. The minimum Gasteiger partial charge on any atom is -0.497 e. The molecular formula is C29H27F3O3S2. The van der Waals surface area contributed by atoms with Crippen LogP contribution >= 0.6 is 23.5 Å². The molecule has 1 heterocycles. The predicted octanol–water partition coefficient (Wildman–Crippen LogP) is 8.31. The number of benzene rings is 3. The number of allylic oxidation sites excluding steroid dienone is 2. The van der Waals surface area contributed by atoms with Crippen LogP contribution in [-0.2, 0) is 4.08 Å². The number of rotatable bonds is 8. The van der Waals surface area contributed by atoms with Crippen LogP contribution in [0.4, 0.5) is 13.2 Å². The van der Waals surface area contributed by atoms with Crippen molar-refractivity contribution in [2.75, 3.05) is 25.7 Å². The SMILES string of the molecule is COc1ccc(C(=CC=CC2(c3ccc(OC(F)(F)F)cc3)SCCCS2)c2ccc(OC)cc2)cc1. The second kappa shape index (κ2) is 12.0.